The van der Waals surface area contributed by atoms with Crippen LogP contribution in [0.3, 0.4) is 0 Å². The van der Waals surface area contributed by atoms with Crippen LogP contribution in [0.2, 0.25) is 0 Å². The van der Waals surface area contributed by atoms with Gasteiger partial charge in [0.25, 0.3) is 5.56 Å². The summed E-state index contributed by atoms with van der Waals surface area (Å²) in [6.07, 6.45) is 6.75. The fourth-order valence-electron chi connectivity index (χ4n) is 2.45. The zero-order valence-electron chi connectivity index (χ0n) is 14.0. The van der Waals surface area contributed by atoms with E-state index in [9.17, 15) is 9.59 Å². The highest BCUT2D eigenvalue weighted by Gasteiger charge is 2.13. The standard InChI is InChI=1S/C17H18N6O2/c1-11-14(6-15(24)19-7-12-8-20-23(2)10-12)17(25)22-16(21-11)13-4-3-5-18-9-13/h3-5,8-10H,6-7H2,1-2H3,(H,19,24)(H,21,22,25). The highest BCUT2D eigenvalue weighted by atomic mass is 16.2. The Morgan fingerprint density at radius 2 is 2.20 bits per heavy atom. The first-order chi connectivity index (χ1) is 12.0. The molecule has 0 unspecified atom stereocenters. The van der Waals surface area contributed by atoms with E-state index in [2.05, 4.69) is 25.4 Å². The third-order valence-corrected chi connectivity index (χ3v) is 3.74. The quantitative estimate of drug-likeness (QED) is 0.713. The van der Waals surface area contributed by atoms with Crippen molar-refractivity contribution in [3.05, 3.63) is 64.1 Å². The molecule has 3 rings (SSSR count). The second kappa shape index (κ2) is 7.08. The van der Waals surface area contributed by atoms with Gasteiger partial charge < -0.3 is 10.3 Å². The highest BCUT2D eigenvalue weighted by molar-refractivity contribution is 5.78. The summed E-state index contributed by atoms with van der Waals surface area (Å²) in [4.78, 5) is 35.6. The Bertz CT molecular complexity index is 945. The summed E-state index contributed by atoms with van der Waals surface area (Å²) in [6.45, 7) is 2.09. The minimum Gasteiger partial charge on any atom is -0.352 e. The van der Waals surface area contributed by atoms with E-state index in [1.165, 1.54) is 0 Å². The first-order valence-electron chi connectivity index (χ1n) is 7.77. The lowest BCUT2D eigenvalue weighted by Gasteiger charge is -2.08. The Morgan fingerprint density at radius 3 is 2.84 bits per heavy atom. The van der Waals surface area contributed by atoms with Crippen LogP contribution in [0.5, 0.6) is 0 Å². The molecule has 0 atom stereocenters. The summed E-state index contributed by atoms with van der Waals surface area (Å²) in [7, 11) is 1.81. The molecule has 8 heteroatoms. The van der Waals surface area contributed by atoms with Crippen LogP contribution in [-0.2, 0) is 24.8 Å². The van der Waals surface area contributed by atoms with E-state index < -0.39 is 0 Å². The molecule has 0 aliphatic heterocycles. The molecule has 3 aromatic rings. The lowest BCUT2D eigenvalue weighted by Crippen LogP contribution is -2.28. The summed E-state index contributed by atoms with van der Waals surface area (Å²) in [5, 5.41) is 6.82. The third kappa shape index (κ3) is 3.97. The van der Waals surface area contributed by atoms with E-state index in [1.54, 1.807) is 36.3 Å². The molecule has 0 fully saturated rings. The van der Waals surface area contributed by atoms with Gasteiger partial charge in [0.05, 0.1) is 12.6 Å². The number of nitrogens with zero attached hydrogens (tertiary/aromatic N) is 4. The molecular formula is C17H18N6O2. The summed E-state index contributed by atoms with van der Waals surface area (Å²) >= 11 is 0. The van der Waals surface area contributed by atoms with Gasteiger partial charge in [0.15, 0.2) is 0 Å². The summed E-state index contributed by atoms with van der Waals surface area (Å²) in [6, 6.07) is 3.58. The largest absolute Gasteiger partial charge is 0.352 e. The van der Waals surface area contributed by atoms with E-state index in [4.69, 9.17) is 0 Å². The summed E-state index contributed by atoms with van der Waals surface area (Å²) in [5.74, 6) is 0.198. The first-order valence-corrected chi connectivity index (χ1v) is 7.77. The lowest BCUT2D eigenvalue weighted by molar-refractivity contribution is -0.120. The smallest absolute Gasteiger partial charge is 0.255 e. The van der Waals surface area contributed by atoms with Gasteiger partial charge in [-0.15, -0.1) is 0 Å². The van der Waals surface area contributed by atoms with E-state index >= 15 is 0 Å². The molecule has 0 saturated heterocycles. The minimum atomic E-state index is -0.317. The van der Waals surface area contributed by atoms with Crippen LogP contribution in [0.25, 0.3) is 11.4 Å². The molecule has 1 amide bonds. The fraction of sp³-hybridized carbons (Fsp3) is 0.235. The van der Waals surface area contributed by atoms with Gasteiger partial charge in [-0.3, -0.25) is 19.3 Å². The number of carbonyl (C=O) groups excluding carboxylic acids is 1. The van der Waals surface area contributed by atoms with Crippen LogP contribution in [0.15, 0.2) is 41.7 Å². The van der Waals surface area contributed by atoms with Gasteiger partial charge in [-0.1, -0.05) is 0 Å². The third-order valence-electron chi connectivity index (χ3n) is 3.74. The Kier molecular flexibility index (Phi) is 4.69. The molecule has 0 saturated carbocycles. The van der Waals surface area contributed by atoms with E-state index in [1.807, 2.05) is 19.3 Å². The molecule has 8 nitrogen and oxygen atoms in total. The van der Waals surface area contributed by atoms with Crippen molar-refractivity contribution in [2.24, 2.45) is 7.05 Å². The average Bonchev–Trinajstić information content (AvgIpc) is 3.02. The van der Waals surface area contributed by atoms with Crippen LogP contribution in [0.4, 0.5) is 0 Å². The number of amides is 1. The molecule has 3 heterocycles. The van der Waals surface area contributed by atoms with Gasteiger partial charge in [0, 0.05) is 54.6 Å². The van der Waals surface area contributed by atoms with Crippen molar-refractivity contribution in [3.8, 4) is 11.4 Å². The second-order valence-electron chi connectivity index (χ2n) is 5.70. The number of aryl methyl sites for hydroxylation is 2. The van der Waals surface area contributed by atoms with Crippen molar-refractivity contribution in [2.45, 2.75) is 19.9 Å². The number of rotatable bonds is 5. The van der Waals surface area contributed by atoms with Gasteiger partial charge in [-0.25, -0.2) is 4.98 Å². The van der Waals surface area contributed by atoms with Crippen LogP contribution in [0, 0.1) is 6.92 Å². The molecule has 25 heavy (non-hydrogen) atoms. The molecular weight excluding hydrogens is 320 g/mol. The summed E-state index contributed by atoms with van der Waals surface area (Å²) < 4.78 is 1.66. The van der Waals surface area contributed by atoms with Crippen LogP contribution in [-0.4, -0.2) is 30.6 Å². The van der Waals surface area contributed by atoms with Crippen LogP contribution < -0.4 is 10.9 Å². The Morgan fingerprint density at radius 1 is 1.36 bits per heavy atom. The molecule has 0 bridgehead atoms. The Labute approximate surface area is 144 Å². The molecule has 0 aromatic carbocycles. The number of H-pyrrole nitrogens is 1. The van der Waals surface area contributed by atoms with Gasteiger partial charge in [-0.05, 0) is 19.1 Å². The average molecular weight is 338 g/mol. The molecule has 0 aliphatic carbocycles. The van der Waals surface area contributed by atoms with E-state index in [0.717, 1.165) is 11.1 Å². The first kappa shape index (κ1) is 16.6. The molecule has 0 radical (unpaired) electrons. The zero-order valence-corrected chi connectivity index (χ0v) is 14.0. The summed E-state index contributed by atoms with van der Waals surface area (Å²) in [5.41, 5.74) is 2.18. The van der Waals surface area contributed by atoms with Crippen molar-refractivity contribution in [3.63, 3.8) is 0 Å². The van der Waals surface area contributed by atoms with Crippen molar-refractivity contribution in [1.82, 2.24) is 30.0 Å². The highest BCUT2D eigenvalue weighted by Crippen LogP contribution is 2.12. The molecule has 128 valence electrons. The van der Waals surface area contributed by atoms with Crippen LogP contribution >= 0.6 is 0 Å². The Hall–Kier alpha value is -3.29. The predicted octanol–water partition coefficient (Wildman–Crippen LogP) is 0.733. The van der Waals surface area contributed by atoms with E-state index in [-0.39, 0.29) is 17.9 Å². The van der Waals surface area contributed by atoms with Gasteiger partial charge in [-0.2, -0.15) is 5.10 Å². The molecule has 0 aliphatic rings. The topological polar surface area (TPSA) is 106 Å². The van der Waals surface area contributed by atoms with Gasteiger partial charge in [0.1, 0.15) is 5.82 Å². The van der Waals surface area contributed by atoms with Crippen molar-refractivity contribution >= 4 is 5.91 Å². The number of pyridine rings is 1. The van der Waals surface area contributed by atoms with E-state index in [0.29, 0.717) is 23.6 Å². The number of hydrogen-bond donors (Lipinski definition) is 2. The molecule has 0 spiro atoms. The van der Waals surface area contributed by atoms with Crippen molar-refractivity contribution in [1.29, 1.82) is 0 Å². The monoisotopic (exact) mass is 338 g/mol. The van der Waals surface area contributed by atoms with Crippen molar-refractivity contribution < 1.29 is 4.79 Å². The molecule has 3 aromatic heterocycles. The normalized spacial score (nSPS) is 10.6. The van der Waals surface area contributed by atoms with Gasteiger partial charge in [0.2, 0.25) is 5.91 Å². The minimum absolute atomic E-state index is 0.0260. The second-order valence-corrected chi connectivity index (χ2v) is 5.70. The predicted molar refractivity (Wildman–Crippen MR) is 91.6 cm³/mol. The number of carbonyl (C=O) groups is 1. The maximum Gasteiger partial charge on any atom is 0.255 e. The lowest BCUT2D eigenvalue weighted by atomic mass is 10.1. The number of aromatic nitrogens is 5. The molecule has 2 N–H and O–H groups in total. The fourth-order valence-corrected chi connectivity index (χ4v) is 2.45. The maximum absolute atomic E-state index is 12.3. The maximum atomic E-state index is 12.3. The Balaban J connectivity index is 1.72. The number of nitrogens with one attached hydrogen (secondary N) is 2. The SMILES string of the molecule is Cc1nc(-c2cccnc2)[nH]c(=O)c1CC(=O)NCc1cnn(C)c1. The van der Waals surface area contributed by atoms with Crippen molar-refractivity contribution in [2.75, 3.05) is 0 Å². The number of aromatic amines is 1. The zero-order chi connectivity index (χ0) is 17.8. The number of hydrogen-bond acceptors (Lipinski definition) is 5. The van der Waals surface area contributed by atoms with Gasteiger partial charge >= 0.3 is 0 Å². The van der Waals surface area contributed by atoms with Crippen LogP contribution in [0.1, 0.15) is 16.8 Å².